The van der Waals surface area contributed by atoms with Gasteiger partial charge in [0.25, 0.3) is 0 Å². The standard InChI is InChI=1S/C17H21N5O/c1-2-5-15-19-20-16-12-18-17(21-8-10-23-11-9-21)13-6-3-4-7-14(13)22(15)16/h3-4,6-7H,2,5,8-12H2,1H3. The predicted molar refractivity (Wildman–Crippen MR) is 88.0 cm³/mol. The summed E-state index contributed by atoms with van der Waals surface area (Å²) in [5.41, 5.74) is 2.30. The third kappa shape index (κ3) is 2.53. The lowest BCUT2D eigenvalue weighted by atomic mass is 10.1. The normalized spacial score (nSPS) is 17.3. The number of nitrogens with zero attached hydrogens (tertiary/aromatic N) is 5. The van der Waals surface area contributed by atoms with Gasteiger partial charge < -0.3 is 9.64 Å². The van der Waals surface area contributed by atoms with E-state index in [1.54, 1.807) is 0 Å². The number of hydrogen-bond acceptors (Lipinski definition) is 5. The van der Waals surface area contributed by atoms with Gasteiger partial charge in [-0.3, -0.25) is 9.56 Å². The summed E-state index contributed by atoms with van der Waals surface area (Å²) in [6.07, 6.45) is 1.98. The smallest absolute Gasteiger partial charge is 0.159 e. The Labute approximate surface area is 135 Å². The molecule has 6 heteroatoms. The van der Waals surface area contributed by atoms with Gasteiger partial charge >= 0.3 is 0 Å². The SMILES string of the molecule is CCCc1nnc2n1-c1ccccc1C(N1CCOCC1)=NC2. The maximum Gasteiger partial charge on any atom is 0.159 e. The largest absolute Gasteiger partial charge is 0.378 e. The van der Waals surface area contributed by atoms with Gasteiger partial charge in [0.1, 0.15) is 18.2 Å². The summed E-state index contributed by atoms with van der Waals surface area (Å²) in [6, 6.07) is 8.43. The van der Waals surface area contributed by atoms with Crippen molar-refractivity contribution in [2.45, 2.75) is 26.3 Å². The summed E-state index contributed by atoms with van der Waals surface area (Å²) in [5.74, 6) is 2.99. The van der Waals surface area contributed by atoms with Crippen LogP contribution in [-0.2, 0) is 17.7 Å². The van der Waals surface area contributed by atoms with Crippen molar-refractivity contribution in [3.05, 3.63) is 41.5 Å². The Bertz CT molecular complexity index is 730. The number of ether oxygens (including phenoxy) is 1. The van der Waals surface area contributed by atoms with Crippen LogP contribution in [0.4, 0.5) is 0 Å². The Morgan fingerprint density at radius 3 is 2.78 bits per heavy atom. The summed E-state index contributed by atoms with van der Waals surface area (Å²) >= 11 is 0. The number of benzene rings is 1. The van der Waals surface area contributed by atoms with E-state index in [0.717, 1.165) is 67.9 Å². The first-order valence-electron chi connectivity index (χ1n) is 8.28. The van der Waals surface area contributed by atoms with Crippen molar-refractivity contribution in [3.63, 3.8) is 0 Å². The van der Waals surface area contributed by atoms with Crippen LogP contribution in [0.3, 0.4) is 0 Å². The zero-order valence-corrected chi connectivity index (χ0v) is 13.4. The summed E-state index contributed by atoms with van der Waals surface area (Å²) in [6.45, 7) is 6.02. The van der Waals surface area contributed by atoms with Gasteiger partial charge in [-0.25, -0.2) is 0 Å². The topological polar surface area (TPSA) is 55.5 Å². The third-order valence-corrected chi connectivity index (χ3v) is 4.34. The predicted octanol–water partition coefficient (Wildman–Crippen LogP) is 1.81. The van der Waals surface area contributed by atoms with Gasteiger partial charge in [0, 0.05) is 25.1 Å². The molecule has 0 spiro atoms. The van der Waals surface area contributed by atoms with Crippen LogP contribution >= 0.6 is 0 Å². The molecule has 2 aromatic rings. The van der Waals surface area contributed by atoms with Gasteiger partial charge in [-0.1, -0.05) is 19.1 Å². The van der Waals surface area contributed by atoms with Crippen molar-refractivity contribution < 1.29 is 4.74 Å². The number of aliphatic imine (C=N–C) groups is 1. The summed E-state index contributed by atoms with van der Waals surface area (Å²) in [4.78, 5) is 7.19. The van der Waals surface area contributed by atoms with Crippen molar-refractivity contribution >= 4 is 5.84 Å². The lowest BCUT2D eigenvalue weighted by Gasteiger charge is -2.30. The Balaban J connectivity index is 1.82. The molecule has 4 rings (SSSR count). The maximum absolute atomic E-state index is 5.48. The van der Waals surface area contributed by atoms with E-state index in [1.807, 2.05) is 0 Å². The highest BCUT2D eigenvalue weighted by molar-refractivity contribution is 6.02. The Kier molecular flexibility index (Phi) is 3.83. The van der Waals surface area contributed by atoms with Crippen molar-refractivity contribution in [2.24, 2.45) is 4.99 Å². The van der Waals surface area contributed by atoms with Gasteiger partial charge in [0.2, 0.25) is 0 Å². The fraction of sp³-hybridized carbons (Fsp3) is 0.471. The average molecular weight is 311 g/mol. The molecular formula is C17H21N5O. The molecule has 0 bridgehead atoms. The van der Waals surface area contributed by atoms with E-state index < -0.39 is 0 Å². The highest BCUT2D eigenvalue weighted by Crippen LogP contribution is 2.25. The Hall–Kier alpha value is -2.21. The second-order valence-electron chi connectivity index (χ2n) is 5.87. The van der Waals surface area contributed by atoms with Crippen molar-refractivity contribution in [3.8, 4) is 5.69 Å². The van der Waals surface area contributed by atoms with Crippen LogP contribution in [0.5, 0.6) is 0 Å². The first kappa shape index (κ1) is 14.4. The minimum atomic E-state index is 0.568. The number of amidine groups is 1. The van der Waals surface area contributed by atoms with Crippen LogP contribution in [0.15, 0.2) is 29.3 Å². The fourth-order valence-corrected chi connectivity index (χ4v) is 3.25. The van der Waals surface area contributed by atoms with E-state index in [2.05, 4.69) is 50.9 Å². The number of para-hydroxylation sites is 1. The lowest BCUT2D eigenvalue weighted by Crippen LogP contribution is -2.41. The van der Waals surface area contributed by atoms with E-state index in [4.69, 9.17) is 9.73 Å². The molecule has 3 heterocycles. The summed E-state index contributed by atoms with van der Waals surface area (Å²) in [5, 5.41) is 8.75. The molecule has 1 aromatic heterocycles. The number of rotatable bonds is 2. The molecular weight excluding hydrogens is 290 g/mol. The first-order chi connectivity index (χ1) is 11.4. The molecule has 0 saturated carbocycles. The van der Waals surface area contributed by atoms with E-state index in [9.17, 15) is 0 Å². The van der Waals surface area contributed by atoms with Crippen LogP contribution in [0.1, 0.15) is 30.6 Å². The number of hydrogen-bond donors (Lipinski definition) is 0. The molecule has 23 heavy (non-hydrogen) atoms. The molecule has 6 nitrogen and oxygen atoms in total. The molecule has 120 valence electrons. The number of morpholine rings is 1. The number of fused-ring (bicyclic) bond motifs is 3. The zero-order chi connectivity index (χ0) is 15.6. The quantitative estimate of drug-likeness (QED) is 0.849. The van der Waals surface area contributed by atoms with Crippen molar-refractivity contribution in [2.75, 3.05) is 26.3 Å². The molecule has 0 radical (unpaired) electrons. The van der Waals surface area contributed by atoms with Crippen LogP contribution in [-0.4, -0.2) is 51.8 Å². The van der Waals surface area contributed by atoms with Gasteiger partial charge in [0.05, 0.1) is 18.9 Å². The molecule has 2 aliphatic heterocycles. The van der Waals surface area contributed by atoms with E-state index in [1.165, 1.54) is 0 Å². The molecule has 0 atom stereocenters. The molecule has 0 N–H and O–H groups in total. The van der Waals surface area contributed by atoms with Crippen molar-refractivity contribution in [1.29, 1.82) is 0 Å². The maximum atomic E-state index is 5.48. The van der Waals surface area contributed by atoms with Crippen LogP contribution in [0, 0.1) is 0 Å². The van der Waals surface area contributed by atoms with Gasteiger partial charge in [-0.15, -0.1) is 10.2 Å². The van der Waals surface area contributed by atoms with Crippen molar-refractivity contribution in [1.82, 2.24) is 19.7 Å². The summed E-state index contributed by atoms with van der Waals surface area (Å²) < 4.78 is 7.67. The molecule has 1 fully saturated rings. The second-order valence-corrected chi connectivity index (χ2v) is 5.87. The van der Waals surface area contributed by atoms with Gasteiger partial charge in [-0.05, 0) is 18.6 Å². The Morgan fingerprint density at radius 1 is 1.13 bits per heavy atom. The third-order valence-electron chi connectivity index (χ3n) is 4.34. The molecule has 2 aliphatic rings. The zero-order valence-electron chi connectivity index (χ0n) is 13.4. The van der Waals surface area contributed by atoms with E-state index in [-0.39, 0.29) is 0 Å². The number of aryl methyl sites for hydroxylation is 1. The van der Waals surface area contributed by atoms with E-state index in [0.29, 0.717) is 6.54 Å². The molecule has 1 aromatic carbocycles. The van der Waals surface area contributed by atoms with E-state index >= 15 is 0 Å². The monoisotopic (exact) mass is 311 g/mol. The molecule has 1 saturated heterocycles. The van der Waals surface area contributed by atoms with Gasteiger partial charge in [0.15, 0.2) is 5.82 Å². The molecule has 0 aliphatic carbocycles. The fourth-order valence-electron chi connectivity index (χ4n) is 3.25. The minimum Gasteiger partial charge on any atom is -0.378 e. The second kappa shape index (κ2) is 6.12. The highest BCUT2D eigenvalue weighted by atomic mass is 16.5. The lowest BCUT2D eigenvalue weighted by molar-refractivity contribution is 0.0682. The van der Waals surface area contributed by atoms with Gasteiger partial charge in [-0.2, -0.15) is 0 Å². The first-order valence-corrected chi connectivity index (χ1v) is 8.28. The average Bonchev–Trinajstić information content (AvgIpc) is 2.91. The van der Waals surface area contributed by atoms with Crippen LogP contribution < -0.4 is 0 Å². The molecule has 0 unspecified atom stereocenters. The van der Waals surface area contributed by atoms with Crippen LogP contribution in [0.2, 0.25) is 0 Å². The van der Waals surface area contributed by atoms with Crippen LogP contribution in [0.25, 0.3) is 5.69 Å². The number of aromatic nitrogens is 3. The minimum absolute atomic E-state index is 0.568. The molecule has 0 amide bonds. The Morgan fingerprint density at radius 2 is 1.96 bits per heavy atom. The highest BCUT2D eigenvalue weighted by Gasteiger charge is 2.25. The summed E-state index contributed by atoms with van der Waals surface area (Å²) in [7, 11) is 0.